The highest BCUT2D eigenvalue weighted by Crippen LogP contribution is 2.45. The van der Waals surface area contributed by atoms with Crippen LogP contribution in [0.3, 0.4) is 0 Å². The van der Waals surface area contributed by atoms with E-state index in [-0.39, 0.29) is 0 Å². The van der Waals surface area contributed by atoms with Crippen LogP contribution in [-0.2, 0) is 0 Å². The van der Waals surface area contributed by atoms with Crippen molar-refractivity contribution in [3.05, 3.63) is 0 Å². The summed E-state index contributed by atoms with van der Waals surface area (Å²) in [6, 6.07) is 0. The Hall–Kier alpha value is -0.0800. The molecule has 1 aliphatic heterocycles. The van der Waals surface area contributed by atoms with Crippen LogP contribution in [0.2, 0.25) is 0 Å². The number of likely N-dealkylation sites (tertiary alicyclic amines) is 1. The molecule has 1 N–H and O–H groups in total. The number of hydrogen-bond acceptors (Lipinski definition) is 2. The van der Waals surface area contributed by atoms with E-state index in [9.17, 15) is 0 Å². The lowest BCUT2D eigenvalue weighted by Gasteiger charge is -2.45. The first-order valence-corrected chi connectivity index (χ1v) is 6.03. The van der Waals surface area contributed by atoms with E-state index in [0.29, 0.717) is 17.9 Å². The van der Waals surface area contributed by atoms with Crippen LogP contribution < -0.4 is 0 Å². The third-order valence-corrected chi connectivity index (χ3v) is 4.47. The van der Waals surface area contributed by atoms with E-state index < -0.39 is 0 Å². The summed E-state index contributed by atoms with van der Waals surface area (Å²) >= 11 is 0. The van der Waals surface area contributed by atoms with Gasteiger partial charge in [-0.1, -0.05) is 0 Å². The van der Waals surface area contributed by atoms with Gasteiger partial charge in [0.15, 0.2) is 0 Å². The molecule has 2 aliphatic rings. The van der Waals surface area contributed by atoms with Crippen LogP contribution in [0.15, 0.2) is 0 Å². The molecule has 0 amide bonds. The minimum atomic E-state index is 0.413. The van der Waals surface area contributed by atoms with Gasteiger partial charge in [-0.25, -0.2) is 0 Å². The number of aliphatic hydroxyl groups excluding tert-OH is 1. The Labute approximate surface area is 87.3 Å². The maximum absolute atomic E-state index is 9.11. The second-order valence-corrected chi connectivity index (χ2v) is 5.43. The molecule has 2 heteroatoms. The lowest BCUT2D eigenvalue weighted by Crippen LogP contribution is -2.40. The van der Waals surface area contributed by atoms with Crippen molar-refractivity contribution in [2.24, 2.45) is 11.3 Å². The quantitative estimate of drug-likeness (QED) is 0.694. The van der Waals surface area contributed by atoms with Gasteiger partial charge in [-0.2, -0.15) is 0 Å². The lowest BCUT2D eigenvalue weighted by molar-refractivity contribution is 0.0484. The molecule has 14 heavy (non-hydrogen) atoms. The Morgan fingerprint density at radius 2 is 1.71 bits per heavy atom. The molecule has 2 rings (SSSR count). The smallest absolute Gasteiger partial charge is 0.0459 e. The molecular formula is C12H23NO. The van der Waals surface area contributed by atoms with E-state index in [1.54, 1.807) is 0 Å². The SMILES string of the molecule is CN1CCC2(CCC(CO)CC2)CC1. The summed E-state index contributed by atoms with van der Waals surface area (Å²) in [5.74, 6) is 0.611. The highest BCUT2D eigenvalue weighted by atomic mass is 16.3. The van der Waals surface area contributed by atoms with Gasteiger partial charge in [-0.3, -0.25) is 0 Å². The summed E-state index contributed by atoms with van der Waals surface area (Å²) < 4.78 is 0. The van der Waals surface area contributed by atoms with E-state index in [1.165, 1.54) is 51.6 Å². The van der Waals surface area contributed by atoms with E-state index >= 15 is 0 Å². The molecule has 1 saturated carbocycles. The van der Waals surface area contributed by atoms with Gasteiger partial charge >= 0.3 is 0 Å². The van der Waals surface area contributed by atoms with Crippen LogP contribution in [0.25, 0.3) is 0 Å². The van der Waals surface area contributed by atoms with Crippen LogP contribution >= 0.6 is 0 Å². The van der Waals surface area contributed by atoms with Gasteiger partial charge in [-0.05, 0) is 70.0 Å². The minimum Gasteiger partial charge on any atom is -0.396 e. The van der Waals surface area contributed by atoms with Gasteiger partial charge in [0.05, 0.1) is 0 Å². The van der Waals surface area contributed by atoms with Crippen LogP contribution in [0.1, 0.15) is 38.5 Å². The van der Waals surface area contributed by atoms with Crippen molar-refractivity contribution in [1.29, 1.82) is 0 Å². The molecule has 1 aliphatic carbocycles. The number of hydrogen-bond donors (Lipinski definition) is 1. The molecule has 1 heterocycles. The van der Waals surface area contributed by atoms with Gasteiger partial charge in [0.1, 0.15) is 0 Å². The monoisotopic (exact) mass is 197 g/mol. The minimum absolute atomic E-state index is 0.413. The third-order valence-electron chi connectivity index (χ3n) is 4.47. The molecule has 1 spiro atoms. The van der Waals surface area contributed by atoms with Crippen molar-refractivity contribution in [3.8, 4) is 0 Å². The van der Waals surface area contributed by atoms with Crippen molar-refractivity contribution in [2.75, 3.05) is 26.7 Å². The van der Waals surface area contributed by atoms with E-state index in [2.05, 4.69) is 11.9 Å². The van der Waals surface area contributed by atoms with Crippen molar-refractivity contribution in [1.82, 2.24) is 4.90 Å². The van der Waals surface area contributed by atoms with Gasteiger partial charge in [0, 0.05) is 6.61 Å². The van der Waals surface area contributed by atoms with Gasteiger partial charge < -0.3 is 10.0 Å². The standard InChI is InChI=1S/C12H23NO/c1-13-8-6-12(7-9-13)4-2-11(10-14)3-5-12/h11,14H,2-10H2,1H3. The number of piperidine rings is 1. The first-order chi connectivity index (χ1) is 6.74. The maximum Gasteiger partial charge on any atom is 0.0459 e. The van der Waals surface area contributed by atoms with Gasteiger partial charge in [0.2, 0.25) is 0 Å². The first-order valence-electron chi connectivity index (χ1n) is 6.03. The summed E-state index contributed by atoms with van der Waals surface area (Å²) in [5, 5.41) is 9.11. The summed E-state index contributed by atoms with van der Waals surface area (Å²) in [6.45, 7) is 2.98. The number of aliphatic hydroxyl groups is 1. The van der Waals surface area contributed by atoms with Crippen LogP contribution in [0.5, 0.6) is 0 Å². The molecule has 0 radical (unpaired) electrons. The Morgan fingerprint density at radius 1 is 1.14 bits per heavy atom. The molecule has 0 atom stereocenters. The first kappa shape index (κ1) is 10.4. The second kappa shape index (κ2) is 4.19. The molecule has 0 aromatic heterocycles. The Kier molecular flexibility index (Phi) is 3.13. The van der Waals surface area contributed by atoms with Crippen LogP contribution in [-0.4, -0.2) is 36.8 Å². The normalized spacial score (nSPS) is 29.6. The van der Waals surface area contributed by atoms with Crippen molar-refractivity contribution >= 4 is 0 Å². The second-order valence-electron chi connectivity index (χ2n) is 5.43. The Balaban J connectivity index is 1.86. The van der Waals surface area contributed by atoms with E-state index in [0.717, 1.165) is 0 Å². The number of nitrogens with zero attached hydrogens (tertiary/aromatic N) is 1. The predicted molar refractivity (Wildman–Crippen MR) is 58.2 cm³/mol. The molecule has 0 bridgehead atoms. The van der Waals surface area contributed by atoms with Gasteiger partial charge in [-0.15, -0.1) is 0 Å². The van der Waals surface area contributed by atoms with Crippen LogP contribution in [0.4, 0.5) is 0 Å². The highest BCUT2D eigenvalue weighted by molar-refractivity contribution is 4.89. The largest absolute Gasteiger partial charge is 0.396 e. The van der Waals surface area contributed by atoms with Crippen molar-refractivity contribution in [2.45, 2.75) is 38.5 Å². The number of rotatable bonds is 1. The third kappa shape index (κ3) is 2.12. The van der Waals surface area contributed by atoms with E-state index in [4.69, 9.17) is 5.11 Å². The fourth-order valence-electron chi connectivity index (χ4n) is 3.07. The maximum atomic E-state index is 9.11. The molecular weight excluding hydrogens is 174 g/mol. The molecule has 82 valence electrons. The summed E-state index contributed by atoms with van der Waals surface area (Å²) in [7, 11) is 2.23. The van der Waals surface area contributed by atoms with Crippen molar-refractivity contribution < 1.29 is 5.11 Å². The fourth-order valence-corrected chi connectivity index (χ4v) is 3.07. The summed E-state index contributed by atoms with van der Waals surface area (Å²) in [5.41, 5.74) is 0.665. The van der Waals surface area contributed by atoms with Crippen molar-refractivity contribution in [3.63, 3.8) is 0 Å². The Bertz CT molecular complexity index is 175. The zero-order valence-corrected chi connectivity index (χ0v) is 9.34. The molecule has 1 saturated heterocycles. The molecule has 2 fully saturated rings. The summed E-state index contributed by atoms with van der Waals surface area (Å²) in [6.07, 6.45) is 8.04. The average molecular weight is 197 g/mol. The lowest BCUT2D eigenvalue weighted by atomic mass is 9.65. The molecule has 2 nitrogen and oxygen atoms in total. The molecule has 0 aromatic carbocycles. The molecule has 0 unspecified atom stereocenters. The zero-order chi connectivity index (χ0) is 10.0. The van der Waals surface area contributed by atoms with E-state index in [1.807, 2.05) is 0 Å². The highest BCUT2D eigenvalue weighted by Gasteiger charge is 2.36. The predicted octanol–water partition coefficient (Wildman–Crippen LogP) is 1.88. The average Bonchev–Trinajstić information content (AvgIpc) is 2.24. The topological polar surface area (TPSA) is 23.5 Å². The summed E-state index contributed by atoms with van der Waals surface area (Å²) in [4.78, 5) is 2.45. The van der Waals surface area contributed by atoms with Crippen LogP contribution in [0, 0.1) is 11.3 Å². The zero-order valence-electron chi connectivity index (χ0n) is 9.34. The molecule has 0 aromatic rings. The fraction of sp³-hybridized carbons (Fsp3) is 1.00. The van der Waals surface area contributed by atoms with Gasteiger partial charge in [0.25, 0.3) is 0 Å². The Morgan fingerprint density at radius 3 is 2.21 bits per heavy atom.